The Morgan fingerprint density at radius 1 is 0.976 bits per heavy atom. The molecule has 4 rings (SSSR count). The summed E-state index contributed by atoms with van der Waals surface area (Å²) in [4.78, 5) is 19.1. The number of hydrogen-bond donors (Lipinski definition) is 0. The summed E-state index contributed by atoms with van der Waals surface area (Å²) in [5, 5.41) is 0. The van der Waals surface area contributed by atoms with Gasteiger partial charge in [0.2, 0.25) is 5.91 Å². The number of anilines is 1. The fourth-order valence-electron chi connectivity index (χ4n) is 4.27. The van der Waals surface area contributed by atoms with Crippen LogP contribution in [0.4, 0.5) is 10.1 Å². The number of aryl methyl sites for hydroxylation is 1. The van der Waals surface area contributed by atoms with Gasteiger partial charge in [-0.15, -0.1) is 0 Å². The Hall–Kier alpha value is -4.28. The normalized spacial score (nSPS) is 11.2. The minimum Gasteiger partial charge on any atom is -0.497 e. The van der Waals surface area contributed by atoms with Crippen LogP contribution < -0.4 is 14.4 Å². The molecule has 220 valence electrons. The molecular formula is C32H33FN2O6S. The number of halogens is 1. The molecule has 1 amide bonds. The fourth-order valence-corrected chi connectivity index (χ4v) is 5.22. The number of benzene rings is 3. The zero-order chi connectivity index (χ0) is 30.1. The second kappa shape index (κ2) is 14.1. The molecule has 0 bridgehead atoms. The van der Waals surface area contributed by atoms with Crippen molar-refractivity contribution >= 4 is 21.7 Å². The lowest BCUT2D eigenvalue weighted by molar-refractivity contribution is -0.116. The molecule has 0 aliphatic heterocycles. The summed E-state index contributed by atoms with van der Waals surface area (Å²) in [7, 11) is -2.31. The molecule has 42 heavy (non-hydrogen) atoms. The standard InChI is InChI=1S/C32H33FN2O6S/c1-23-7-14-29(15-8-23)42(37,38)41-19-5-18-40-32-16-13-28(39-3)21-26(32)22-35(24(2)36)31-6-4-17-34-30(31)20-25-9-11-27(33)12-10-25/h4,6-17,21H,5,18-20,22H2,1-3H3. The summed E-state index contributed by atoms with van der Waals surface area (Å²) in [6.07, 6.45) is 2.38. The number of aromatic nitrogens is 1. The van der Waals surface area contributed by atoms with Crippen molar-refractivity contribution in [2.75, 3.05) is 25.2 Å². The van der Waals surface area contributed by atoms with Gasteiger partial charge in [-0.3, -0.25) is 14.0 Å². The van der Waals surface area contributed by atoms with E-state index in [2.05, 4.69) is 4.98 Å². The van der Waals surface area contributed by atoms with E-state index in [-0.39, 0.29) is 36.4 Å². The average Bonchev–Trinajstić information content (AvgIpc) is 2.98. The fraction of sp³-hybridized carbons (Fsp3) is 0.250. The smallest absolute Gasteiger partial charge is 0.296 e. The maximum Gasteiger partial charge on any atom is 0.296 e. The first-order chi connectivity index (χ1) is 20.2. The number of carbonyl (C=O) groups is 1. The minimum absolute atomic E-state index is 0.0519. The summed E-state index contributed by atoms with van der Waals surface area (Å²) in [5.41, 5.74) is 3.79. The summed E-state index contributed by atoms with van der Waals surface area (Å²) >= 11 is 0. The Balaban J connectivity index is 1.47. The molecule has 0 aliphatic rings. The van der Waals surface area contributed by atoms with Gasteiger partial charge in [0.15, 0.2) is 0 Å². The largest absolute Gasteiger partial charge is 0.497 e. The van der Waals surface area contributed by atoms with Crippen molar-refractivity contribution in [2.24, 2.45) is 0 Å². The molecule has 0 aliphatic carbocycles. The van der Waals surface area contributed by atoms with Crippen molar-refractivity contribution < 1.29 is 31.3 Å². The van der Waals surface area contributed by atoms with E-state index in [1.807, 2.05) is 13.0 Å². The summed E-state index contributed by atoms with van der Waals surface area (Å²) < 4.78 is 54.9. The Morgan fingerprint density at radius 3 is 2.40 bits per heavy atom. The number of ether oxygens (including phenoxy) is 2. The number of carbonyl (C=O) groups excluding carboxylic acids is 1. The van der Waals surface area contributed by atoms with Gasteiger partial charge in [-0.05, 0) is 67.1 Å². The van der Waals surface area contributed by atoms with Gasteiger partial charge < -0.3 is 14.4 Å². The highest BCUT2D eigenvalue weighted by Crippen LogP contribution is 2.30. The van der Waals surface area contributed by atoms with Crippen LogP contribution in [0.5, 0.6) is 11.5 Å². The SMILES string of the molecule is COc1ccc(OCCCOS(=O)(=O)c2ccc(C)cc2)c(CN(C(C)=O)c2cccnc2Cc2ccc(F)cc2)c1. The first-order valence-corrected chi connectivity index (χ1v) is 14.8. The zero-order valence-corrected chi connectivity index (χ0v) is 24.6. The van der Waals surface area contributed by atoms with E-state index in [0.717, 1.165) is 11.1 Å². The van der Waals surface area contributed by atoms with Crippen LogP contribution in [0.3, 0.4) is 0 Å². The van der Waals surface area contributed by atoms with Crippen molar-refractivity contribution in [3.63, 3.8) is 0 Å². The van der Waals surface area contributed by atoms with Gasteiger partial charge in [0.05, 0.1) is 43.1 Å². The molecule has 8 nitrogen and oxygen atoms in total. The number of pyridine rings is 1. The molecular weight excluding hydrogens is 559 g/mol. The second-order valence-electron chi connectivity index (χ2n) is 9.64. The molecule has 0 fully saturated rings. The highest BCUT2D eigenvalue weighted by atomic mass is 32.2. The van der Waals surface area contributed by atoms with E-state index in [1.54, 1.807) is 66.7 Å². The number of methoxy groups -OCH3 is 1. The van der Waals surface area contributed by atoms with Gasteiger partial charge in [0.1, 0.15) is 17.3 Å². The Labute approximate surface area is 245 Å². The lowest BCUT2D eigenvalue weighted by Gasteiger charge is -2.25. The predicted octanol–water partition coefficient (Wildman–Crippen LogP) is 5.86. The van der Waals surface area contributed by atoms with Crippen LogP contribution in [0.2, 0.25) is 0 Å². The topological polar surface area (TPSA) is 95.0 Å². The molecule has 10 heteroatoms. The van der Waals surface area contributed by atoms with Crippen LogP contribution in [0.1, 0.15) is 35.7 Å². The van der Waals surface area contributed by atoms with Crippen molar-refractivity contribution in [3.8, 4) is 11.5 Å². The molecule has 0 unspecified atom stereocenters. The van der Waals surface area contributed by atoms with Crippen molar-refractivity contribution in [2.45, 2.75) is 38.1 Å². The Kier molecular flexibility index (Phi) is 10.3. The lowest BCUT2D eigenvalue weighted by atomic mass is 10.1. The zero-order valence-electron chi connectivity index (χ0n) is 23.7. The van der Waals surface area contributed by atoms with Gasteiger partial charge in [0, 0.05) is 31.5 Å². The van der Waals surface area contributed by atoms with E-state index >= 15 is 0 Å². The second-order valence-corrected chi connectivity index (χ2v) is 11.3. The Morgan fingerprint density at radius 2 is 1.71 bits per heavy atom. The summed E-state index contributed by atoms with van der Waals surface area (Å²) in [5.74, 6) is 0.584. The molecule has 0 spiro atoms. The third-order valence-corrected chi connectivity index (χ3v) is 7.84. The highest BCUT2D eigenvalue weighted by molar-refractivity contribution is 7.86. The molecule has 0 saturated heterocycles. The summed E-state index contributed by atoms with van der Waals surface area (Å²) in [6.45, 7) is 3.65. The van der Waals surface area contributed by atoms with Crippen LogP contribution in [0.25, 0.3) is 0 Å². The number of amides is 1. The molecule has 0 N–H and O–H groups in total. The molecule has 4 aromatic rings. The van der Waals surface area contributed by atoms with E-state index < -0.39 is 10.1 Å². The van der Waals surface area contributed by atoms with Crippen LogP contribution in [-0.4, -0.2) is 39.6 Å². The number of rotatable bonds is 13. The third kappa shape index (κ3) is 8.14. The number of nitrogens with zero attached hydrogens (tertiary/aromatic N) is 2. The molecule has 0 radical (unpaired) electrons. The van der Waals surface area contributed by atoms with Gasteiger partial charge in [0.25, 0.3) is 10.1 Å². The predicted molar refractivity (Wildman–Crippen MR) is 158 cm³/mol. The van der Waals surface area contributed by atoms with Crippen LogP contribution in [-0.2, 0) is 32.1 Å². The van der Waals surface area contributed by atoms with Gasteiger partial charge in [-0.2, -0.15) is 8.42 Å². The van der Waals surface area contributed by atoms with Crippen molar-refractivity contribution in [3.05, 3.63) is 113 Å². The van der Waals surface area contributed by atoms with E-state index in [0.29, 0.717) is 41.3 Å². The van der Waals surface area contributed by atoms with Gasteiger partial charge in [-0.25, -0.2) is 4.39 Å². The molecule has 1 heterocycles. The van der Waals surface area contributed by atoms with Crippen LogP contribution >= 0.6 is 0 Å². The van der Waals surface area contributed by atoms with Crippen molar-refractivity contribution in [1.82, 2.24) is 4.98 Å². The van der Waals surface area contributed by atoms with Crippen LogP contribution in [0, 0.1) is 12.7 Å². The van der Waals surface area contributed by atoms with E-state index in [4.69, 9.17) is 13.7 Å². The lowest BCUT2D eigenvalue weighted by Crippen LogP contribution is -2.29. The highest BCUT2D eigenvalue weighted by Gasteiger charge is 2.20. The number of hydrogen-bond acceptors (Lipinski definition) is 7. The van der Waals surface area contributed by atoms with E-state index in [9.17, 15) is 17.6 Å². The maximum atomic E-state index is 13.4. The quantitative estimate of drug-likeness (QED) is 0.142. The minimum atomic E-state index is -3.87. The monoisotopic (exact) mass is 592 g/mol. The van der Waals surface area contributed by atoms with Crippen LogP contribution in [0.15, 0.2) is 90.0 Å². The van der Waals surface area contributed by atoms with E-state index in [1.165, 1.54) is 31.2 Å². The third-order valence-electron chi connectivity index (χ3n) is 6.51. The van der Waals surface area contributed by atoms with Crippen molar-refractivity contribution in [1.29, 1.82) is 0 Å². The average molecular weight is 593 g/mol. The summed E-state index contributed by atoms with van der Waals surface area (Å²) in [6, 6.07) is 21.5. The molecule has 0 atom stereocenters. The van der Waals surface area contributed by atoms with Gasteiger partial charge in [-0.1, -0.05) is 29.8 Å². The molecule has 3 aromatic carbocycles. The van der Waals surface area contributed by atoms with Gasteiger partial charge >= 0.3 is 0 Å². The molecule has 1 aromatic heterocycles. The first-order valence-electron chi connectivity index (χ1n) is 13.4. The Bertz CT molecular complexity index is 1610. The first kappa shape index (κ1) is 30.7. The molecule has 0 saturated carbocycles. The maximum absolute atomic E-state index is 13.4.